The second-order valence-corrected chi connectivity index (χ2v) is 7.30. The second kappa shape index (κ2) is 6.08. The molecular weight excluding hydrogens is 268 g/mol. The highest BCUT2D eigenvalue weighted by molar-refractivity contribution is 7.85. The van der Waals surface area contributed by atoms with E-state index in [0.717, 1.165) is 37.9 Å². The fourth-order valence-corrected chi connectivity index (χ4v) is 3.32. The van der Waals surface area contributed by atoms with E-state index in [1.807, 2.05) is 0 Å². The summed E-state index contributed by atoms with van der Waals surface area (Å²) in [6.07, 6.45) is 7.25. The van der Waals surface area contributed by atoms with E-state index in [-0.39, 0.29) is 12.7 Å². The van der Waals surface area contributed by atoms with Crippen LogP contribution in [0.1, 0.15) is 45.4 Å². The maximum atomic E-state index is 11.0. The predicted molar refractivity (Wildman–Crippen MR) is 71.2 cm³/mol. The van der Waals surface area contributed by atoms with Crippen molar-refractivity contribution in [2.75, 3.05) is 19.5 Å². The molecule has 3 unspecified atom stereocenters. The lowest BCUT2D eigenvalue weighted by Crippen LogP contribution is -2.31. The number of hydrogen-bond acceptors (Lipinski definition) is 5. The van der Waals surface area contributed by atoms with E-state index < -0.39 is 15.9 Å². The van der Waals surface area contributed by atoms with Gasteiger partial charge in [-0.15, -0.1) is 0 Å². The van der Waals surface area contributed by atoms with Crippen LogP contribution >= 0.6 is 0 Å². The highest BCUT2D eigenvalue weighted by atomic mass is 32.2. The van der Waals surface area contributed by atoms with E-state index in [1.54, 1.807) is 0 Å². The van der Waals surface area contributed by atoms with Gasteiger partial charge < -0.3 is 9.47 Å². The van der Waals surface area contributed by atoms with E-state index in [4.69, 9.17) is 13.7 Å². The first-order valence-corrected chi connectivity index (χ1v) is 8.90. The minimum Gasteiger partial charge on any atom is -0.347 e. The third kappa shape index (κ3) is 4.41. The third-order valence-electron chi connectivity index (χ3n) is 4.06. The van der Waals surface area contributed by atoms with E-state index in [9.17, 15) is 8.42 Å². The van der Waals surface area contributed by atoms with Crippen LogP contribution in [0.3, 0.4) is 0 Å². The van der Waals surface area contributed by atoms with E-state index >= 15 is 0 Å². The van der Waals surface area contributed by atoms with Crippen LogP contribution in [0.2, 0.25) is 0 Å². The Kier molecular flexibility index (Phi) is 4.87. The molecular formula is C13H24O5S. The van der Waals surface area contributed by atoms with Crippen molar-refractivity contribution in [3.63, 3.8) is 0 Å². The van der Waals surface area contributed by atoms with Crippen LogP contribution in [-0.2, 0) is 23.8 Å². The van der Waals surface area contributed by atoms with Crippen LogP contribution in [-0.4, -0.2) is 39.8 Å². The van der Waals surface area contributed by atoms with Gasteiger partial charge in [0.25, 0.3) is 10.1 Å². The topological polar surface area (TPSA) is 61.8 Å². The molecule has 3 atom stereocenters. The van der Waals surface area contributed by atoms with Gasteiger partial charge in [0, 0.05) is 12.8 Å². The first-order chi connectivity index (χ1) is 8.92. The Bertz CT molecular complexity index is 394. The van der Waals surface area contributed by atoms with Gasteiger partial charge in [-0.2, -0.15) is 8.42 Å². The summed E-state index contributed by atoms with van der Waals surface area (Å²) in [5, 5.41) is 0. The maximum Gasteiger partial charge on any atom is 0.264 e. The predicted octanol–water partition coefficient (Wildman–Crippen LogP) is 2.06. The Morgan fingerprint density at radius 2 is 2.11 bits per heavy atom. The molecule has 1 saturated heterocycles. The van der Waals surface area contributed by atoms with Crippen LogP contribution in [0, 0.1) is 5.92 Å². The molecule has 5 nitrogen and oxygen atoms in total. The minimum atomic E-state index is -3.41. The molecule has 0 radical (unpaired) electrons. The SMILES string of the molecule is CCC1CCCC2(CC1)OCC(COS(C)(=O)=O)O2. The summed E-state index contributed by atoms with van der Waals surface area (Å²) in [6.45, 7) is 2.70. The smallest absolute Gasteiger partial charge is 0.264 e. The Labute approximate surface area is 115 Å². The molecule has 0 N–H and O–H groups in total. The summed E-state index contributed by atoms with van der Waals surface area (Å²) >= 11 is 0. The normalized spacial score (nSPS) is 36.5. The molecule has 19 heavy (non-hydrogen) atoms. The summed E-state index contributed by atoms with van der Waals surface area (Å²) in [5.41, 5.74) is 0. The monoisotopic (exact) mass is 292 g/mol. The molecule has 1 saturated carbocycles. The summed E-state index contributed by atoms with van der Waals surface area (Å²) in [5.74, 6) is 0.271. The molecule has 2 aliphatic rings. The molecule has 1 aliphatic heterocycles. The average molecular weight is 292 g/mol. The first kappa shape index (κ1) is 15.2. The van der Waals surface area contributed by atoms with E-state index in [1.165, 1.54) is 12.8 Å². The lowest BCUT2D eigenvalue weighted by Gasteiger charge is -2.26. The van der Waals surface area contributed by atoms with Gasteiger partial charge in [-0.3, -0.25) is 4.18 Å². The Balaban J connectivity index is 1.86. The van der Waals surface area contributed by atoms with Crippen LogP contribution in [0.25, 0.3) is 0 Å². The van der Waals surface area contributed by atoms with Crippen molar-refractivity contribution in [1.29, 1.82) is 0 Å². The molecule has 2 rings (SSSR count). The molecule has 112 valence electrons. The van der Waals surface area contributed by atoms with Gasteiger partial charge in [-0.1, -0.05) is 19.8 Å². The first-order valence-electron chi connectivity index (χ1n) is 7.09. The van der Waals surface area contributed by atoms with Gasteiger partial charge in [-0.25, -0.2) is 0 Å². The lowest BCUT2D eigenvalue weighted by molar-refractivity contribution is -0.178. The highest BCUT2D eigenvalue weighted by Crippen LogP contribution is 2.39. The van der Waals surface area contributed by atoms with Crippen molar-refractivity contribution >= 4 is 10.1 Å². The van der Waals surface area contributed by atoms with Gasteiger partial charge in [0.05, 0.1) is 19.5 Å². The van der Waals surface area contributed by atoms with Crippen LogP contribution < -0.4 is 0 Å². The summed E-state index contributed by atoms with van der Waals surface area (Å²) in [4.78, 5) is 0. The van der Waals surface area contributed by atoms with Crippen LogP contribution in [0.5, 0.6) is 0 Å². The number of rotatable bonds is 4. The summed E-state index contributed by atoms with van der Waals surface area (Å²) in [6, 6.07) is 0. The Hall–Kier alpha value is -0.170. The van der Waals surface area contributed by atoms with Crippen molar-refractivity contribution < 1.29 is 22.1 Å². The van der Waals surface area contributed by atoms with Gasteiger partial charge in [0.1, 0.15) is 6.10 Å². The molecule has 1 heterocycles. The Morgan fingerprint density at radius 3 is 2.79 bits per heavy atom. The molecule has 0 aromatic rings. The molecule has 2 fully saturated rings. The van der Waals surface area contributed by atoms with Gasteiger partial charge >= 0.3 is 0 Å². The molecule has 1 spiro atoms. The lowest BCUT2D eigenvalue weighted by atomic mass is 9.97. The zero-order chi connectivity index (χ0) is 13.9. The molecule has 0 aromatic heterocycles. The fraction of sp³-hybridized carbons (Fsp3) is 1.00. The Morgan fingerprint density at radius 1 is 1.32 bits per heavy atom. The van der Waals surface area contributed by atoms with E-state index in [2.05, 4.69) is 6.92 Å². The van der Waals surface area contributed by atoms with Crippen molar-refractivity contribution in [3.8, 4) is 0 Å². The van der Waals surface area contributed by atoms with Crippen LogP contribution in [0.4, 0.5) is 0 Å². The van der Waals surface area contributed by atoms with E-state index in [0.29, 0.717) is 6.61 Å². The molecule has 6 heteroatoms. The molecule has 0 aromatic carbocycles. The zero-order valence-electron chi connectivity index (χ0n) is 11.8. The quantitative estimate of drug-likeness (QED) is 0.742. The van der Waals surface area contributed by atoms with Gasteiger partial charge in [-0.05, 0) is 18.8 Å². The molecule has 1 aliphatic carbocycles. The summed E-state index contributed by atoms with van der Waals surface area (Å²) in [7, 11) is -3.41. The highest BCUT2D eigenvalue weighted by Gasteiger charge is 2.42. The van der Waals surface area contributed by atoms with Crippen molar-refractivity contribution in [1.82, 2.24) is 0 Å². The standard InChI is InChI=1S/C13H24O5S/c1-3-11-5-4-7-13(8-6-11)16-9-12(18-13)10-17-19(2,14)15/h11-12H,3-10H2,1-2H3. The molecule has 0 amide bonds. The zero-order valence-corrected chi connectivity index (χ0v) is 12.6. The average Bonchev–Trinajstić information content (AvgIpc) is 2.62. The van der Waals surface area contributed by atoms with Crippen LogP contribution in [0.15, 0.2) is 0 Å². The fourth-order valence-electron chi connectivity index (χ4n) is 2.92. The largest absolute Gasteiger partial charge is 0.347 e. The van der Waals surface area contributed by atoms with Crippen molar-refractivity contribution in [3.05, 3.63) is 0 Å². The number of hydrogen-bond donors (Lipinski definition) is 0. The third-order valence-corrected chi connectivity index (χ3v) is 4.63. The van der Waals surface area contributed by atoms with Gasteiger partial charge in [0.15, 0.2) is 5.79 Å². The molecule has 0 bridgehead atoms. The summed E-state index contributed by atoms with van der Waals surface area (Å²) < 4.78 is 38.5. The minimum absolute atomic E-state index is 0.0534. The second-order valence-electron chi connectivity index (χ2n) is 5.66. The van der Waals surface area contributed by atoms with Crippen molar-refractivity contribution in [2.24, 2.45) is 5.92 Å². The van der Waals surface area contributed by atoms with Gasteiger partial charge in [0.2, 0.25) is 0 Å². The van der Waals surface area contributed by atoms with Crippen molar-refractivity contribution in [2.45, 2.75) is 57.3 Å². The number of ether oxygens (including phenoxy) is 2. The maximum absolute atomic E-state index is 11.0.